The van der Waals surface area contributed by atoms with E-state index in [1.807, 2.05) is 35.2 Å². The first-order chi connectivity index (χ1) is 12.7. The Morgan fingerprint density at radius 3 is 2.69 bits per heavy atom. The van der Waals surface area contributed by atoms with E-state index in [1.165, 1.54) is 4.88 Å². The molecular weight excluding hydrogens is 348 g/mol. The van der Waals surface area contributed by atoms with Crippen LogP contribution in [0.25, 0.3) is 10.2 Å². The van der Waals surface area contributed by atoms with Gasteiger partial charge in [-0.2, -0.15) is 0 Å². The summed E-state index contributed by atoms with van der Waals surface area (Å²) in [6.07, 6.45) is 1.62. The van der Waals surface area contributed by atoms with E-state index in [0.717, 1.165) is 34.9 Å². The molecule has 1 fully saturated rings. The van der Waals surface area contributed by atoms with E-state index in [-0.39, 0.29) is 12.5 Å². The molecule has 3 aromatic rings. The lowest BCUT2D eigenvalue weighted by Crippen LogP contribution is -2.50. The minimum Gasteiger partial charge on any atom is -0.484 e. The van der Waals surface area contributed by atoms with Crippen LogP contribution in [0.15, 0.2) is 42.7 Å². The van der Waals surface area contributed by atoms with Gasteiger partial charge in [0.1, 0.15) is 22.7 Å². The van der Waals surface area contributed by atoms with Crippen LogP contribution in [-0.2, 0) is 4.79 Å². The molecule has 1 saturated heterocycles. The molecule has 134 valence electrons. The number of piperazine rings is 1. The zero-order valence-corrected chi connectivity index (χ0v) is 15.4. The zero-order valence-electron chi connectivity index (χ0n) is 14.6. The third kappa shape index (κ3) is 3.48. The predicted molar refractivity (Wildman–Crippen MR) is 103 cm³/mol. The summed E-state index contributed by atoms with van der Waals surface area (Å²) in [7, 11) is 0. The first-order valence-corrected chi connectivity index (χ1v) is 9.44. The number of ether oxygens (including phenoxy) is 1. The van der Waals surface area contributed by atoms with E-state index in [0.29, 0.717) is 13.1 Å². The van der Waals surface area contributed by atoms with E-state index >= 15 is 0 Å². The molecule has 0 N–H and O–H groups in total. The third-order valence-corrected chi connectivity index (χ3v) is 5.43. The Morgan fingerprint density at radius 2 is 1.92 bits per heavy atom. The van der Waals surface area contributed by atoms with Crippen LogP contribution in [0.1, 0.15) is 4.88 Å². The van der Waals surface area contributed by atoms with Crippen molar-refractivity contribution in [3.8, 4) is 5.75 Å². The molecule has 0 unspecified atom stereocenters. The number of para-hydroxylation sites is 1. The first kappa shape index (κ1) is 16.8. The van der Waals surface area contributed by atoms with Gasteiger partial charge in [0, 0.05) is 31.1 Å². The number of hydrogen-bond acceptors (Lipinski definition) is 6. The quantitative estimate of drug-likeness (QED) is 0.709. The predicted octanol–water partition coefficient (Wildman–Crippen LogP) is 2.73. The summed E-state index contributed by atoms with van der Waals surface area (Å²) >= 11 is 1.68. The highest BCUT2D eigenvalue weighted by molar-refractivity contribution is 7.18. The molecule has 0 radical (unpaired) electrons. The van der Waals surface area contributed by atoms with Crippen molar-refractivity contribution in [2.75, 3.05) is 37.7 Å². The third-order valence-electron chi connectivity index (χ3n) is 4.47. The molecule has 0 saturated carbocycles. The van der Waals surface area contributed by atoms with Crippen molar-refractivity contribution in [2.45, 2.75) is 6.92 Å². The number of aryl methyl sites for hydroxylation is 1. The lowest BCUT2D eigenvalue weighted by molar-refractivity contribution is -0.133. The van der Waals surface area contributed by atoms with Crippen LogP contribution >= 0.6 is 11.3 Å². The van der Waals surface area contributed by atoms with Crippen molar-refractivity contribution in [2.24, 2.45) is 0 Å². The van der Waals surface area contributed by atoms with Crippen LogP contribution in [-0.4, -0.2) is 53.6 Å². The zero-order chi connectivity index (χ0) is 17.9. The smallest absolute Gasteiger partial charge is 0.260 e. The molecule has 6 nitrogen and oxygen atoms in total. The molecule has 4 rings (SSSR count). The molecule has 2 aromatic heterocycles. The molecule has 0 aliphatic carbocycles. The summed E-state index contributed by atoms with van der Waals surface area (Å²) in [4.78, 5) is 27.6. The normalized spacial score (nSPS) is 14.7. The molecule has 7 heteroatoms. The van der Waals surface area contributed by atoms with Gasteiger partial charge >= 0.3 is 0 Å². The number of carbonyl (C=O) groups is 1. The average molecular weight is 368 g/mol. The summed E-state index contributed by atoms with van der Waals surface area (Å²) in [5.74, 6) is 1.70. The Morgan fingerprint density at radius 1 is 1.15 bits per heavy atom. The molecule has 0 spiro atoms. The highest BCUT2D eigenvalue weighted by atomic mass is 32.1. The summed E-state index contributed by atoms with van der Waals surface area (Å²) < 4.78 is 5.57. The fraction of sp³-hybridized carbons (Fsp3) is 0.316. The topological polar surface area (TPSA) is 58.6 Å². The fourth-order valence-corrected chi connectivity index (χ4v) is 3.98. The number of benzene rings is 1. The molecule has 1 aromatic carbocycles. The second-order valence-corrected chi connectivity index (χ2v) is 7.48. The number of aromatic nitrogens is 2. The van der Waals surface area contributed by atoms with Crippen LogP contribution in [0.5, 0.6) is 5.75 Å². The number of rotatable bonds is 4. The van der Waals surface area contributed by atoms with Crippen molar-refractivity contribution in [3.05, 3.63) is 47.6 Å². The fourth-order valence-electron chi connectivity index (χ4n) is 3.14. The van der Waals surface area contributed by atoms with Gasteiger partial charge in [0.05, 0.1) is 5.39 Å². The van der Waals surface area contributed by atoms with Gasteiger partial charge in [-0.15, -0.1) is 11.3 Å². The largest absolute Gasteiger partial charge is 0.484 e. The Balaban J connectivity index is 1.37. The van der Waals surface area contributed by atoms with Crippen LogP contribution in [0.4, 0.5) is 5.82 Å². The minimum absolute atomic E-state index is 0.0210. The van der Waals surface area contributed by atoms with Crippen molar-refractivity contribution in [1.82, 2.24) is 14.9 Å². The van der Waals surface area contributed by atoms with Crippen LogP contribution in [0.2, 0.25) is 0 Å². The highest BCUT2D eigenvalue weighted by Gasteiger charge is 2.23. The Bertz CT molecular complexity index is 904. The molecule has 26 heavy (non-hydrogen) atoms. The molecule has 1 aliphatic rings. The van der Waals surface area contributed by atoms with Crippen LogP contribution < -0.4 is 9.64 Å². The van der Waals surface area contributed by atoms with Crippen molar-refractivity contribution in [1.29, 1.82) is 0 Å². The van der Waals surface area contributed by atoms with Crippen molar-refractivity contribution >= 4 is 33.3 Å². The summed E-state index contributed by atoms with van der Waals surface area (Å²) in [5.41, 5.74) is 0. The second kappa shape index (κ2) is 7.29. The molecule has 1 aliphatic heterocycles. The SMILES string of the molecule is Cc1cc2c(N3CCN(C(=O)COc4ccccc4)CC3)ncnc2s1. The number of anilines is 1. The lowest BCUT2D eigenvalue weighted by Gasteiger charge is -2.35. The van der Waals surface area contributed by atoms with Crippen molar-refractivity contribution in [3.63, 3.8) is 0 Å². The molecular formula is C19H20N4O2S. The van der Waals surface area contributed by atoms with Gasteiger partial charge < -0.3 is 14.5 Å². The maximum Gasteiger partial charge on any atom is 0.260 e. The van der Waals surface area contributed by atoms with E-state index < -0.39 is 0 Å². The monoisotopic (exact) mass is 368 g/mol. The lowest BCUT2D eigenvalue weighted by atomic mass is 10.2. The van der Waals surface area contributed by atoms with Crippen molar-refractivity contribution < 1.29 is 9.53 Å². The van der Waals surface area contributed by atoms with E-state index in [1.54, 1.807) is 17.7 Å². The second-order valence-electron chi connectivity index (χ2n) is 6.24. The van der Waals surface area contributed by atoms with E-state index in [2.05, 4.69) is 27.9 Å². The summed E-state index contributed by atoms with van der Waals surface area (Å²) in [6, 6.07) is 11.6. The van der Waals surface area contributed by atoms with Crippen LogP contribution in [0.3, 0.4) is 0 Å². The number of fused-ring (bicyclic) bond motifs is 1. The first-order valence-electron chi connectivity index (χ1n) is 8.62. The molecule has 1 amide bonds. The summed E-state index contributed by atoms with van der Waals surface area (Å²) in [5, 5.41) is 1.10. The van der Waals surface area contributed by atoms with Gasteiger partial charge in [-0.05, 0) is 25.1 Å². The Labute approximate surface area is 156 Å². The molecule has 0 atom stereocenters. The summed E-state index contributed by atoms with van der Waals surface area (Å²) in [6.45, 7) is 5.03. The van der Waals surface area contributed by atoms with Gasteiger partial charge in [0.25, 0.3) is 5.91 Å². The van der Waals surface area contributed by atoms with Gasteiger partial charge in [0.15, 0.2) is 6.61 Å². The number of hydrogen-bond donors (Lipinski definition) is 0. The van der Waals surface area contributed by atoms with Gasteiger partial charge in [0.2, 0.25) is 0 Å². The molecule has 3 heterocycles. The standard InChI is InChI=1S/C19H20N4O2S/c1-14-11-16-18(20-13-21-19(16)26-14)23-9-7-22(8-10-23)17(24)12-25-15-5-3-2-4-6-15/h2-6,11,13H,7-10,12H2,1H3. The Hall–Kier alpha value is -2.67. The van der Waals surface area contributed by atoms with Gasteiger partial charge in [-0.3, -0.25) is 4.79 Å². The van der Waals surface area contributed by atoms with Gasteiger partial charge in [-0.1, -0.05) is 18.2 Å². The van der Waals surface area contributed by atoms with Gasteiger partial charge in [-0.25, -0.2) is 9.97 Å². The Kier molecular flexibility index (Phi) is 4.71. The van der Waals surface area contributed by atoms with E-state index in [4.69, 9.17) is 4.74 Å². The number of carbonyl (C=O) groups excluding carboxylic acids is 1. The minimum atomic E-state index is 0.0210. The van der Waals surface area contributed by atoms with Crippen LogP contribution in [0, 0.1) is 6.92 Å². The number of thiophene rings is 1. The van der Waals surface area contributed by atoms with E-state index in [9.17, 15) is 4.79 Å². The molecule has 0 bridgehead atoms. The number of nitrogens with zero attached hydrogens (tertiary/aromatic N) is 4. The number of amides is 1. The maximum atomic E-state index is 12.4. The maximum absolute atomic E-state index is 12.4. The highest BCUT2D eigenvalue weighted by Crippen LogP contribution is 2.30. The average Bonchev–Trinajstić information content (AvgIpc) is 3.07.